The first-order valence-electron chi connectivity index (χ1n) is 20.2. The van der Waals surface area contributed by atoms with Crippen LogP contribution in [0.25, 0.3) is 0 Å². The molecule has 6 rings (SSSR count). The van der Waals surface area contributed by atoms with Crippen LogP contribution in [0.2, 0.25) is 0 Å². The van der Waals surface area contributed by atoms with Gasteiger partial charge in [-0.15, -0.1) is 11.8 Å². The van der Waals surface area contributed by atoms with Crippen LogP contribution in [0.3, 0.4) is 0 Å². The van der Waals surface area contributed by atoms with Crippen LogP contribution in [0.4, 0.5) is 26.7 Å². The van der Waals surface area contributed by atoms with E-state index in [2.05, 4.69) is 5.32 Å². The molecule has 3 aromatic carbocycles. The molecule has 0 saturated carbocycles. The van der Waals surface area contributed by atoms with Crippen molar-refractivity contribution in [2.75, 3.05) is 13.1 Å². The summed E-state index contributed by atoms with van der Waals surface area (Å²) in [5.41, 5.74) is 0.912. The highest BCUT2D eigenvalue weighted by molar-refractivity contribution is 8.03. The molecular formula is C42H44N6O16S. The van der Waals surface area contributed by atoms with Gasteiger partial charge in [0.15, 0.2) is 0 Å². The lowest BCUT2D eigenvalue weighted by Gasteiger charge is -2.46. The lowest BCUT2D eigenvalue weighted by molar-refractivity contribution is -0.385. The predicted molar refractivity (Wildman–Crippen MR) is 226 cm³/mol. The second-order valence-corrected chi connectivity index (χ2v) is 16.9. The summed E-state index contributed by atoms with van der Waals surface area (Å²) in [6.07, 6.45) is -3.47. The van der Waals surface area contributed by atoms with Crippen molar-refractivity contribution in [1.82, 2.24) is 15.1 Å². The van der Waals surface area contributed by atoms with E-state index in [0.717, 1.165) is 0 Å². The number of nitrogens with zero attached hydrogens (tertiary/aromatic N) is 5. The molecule has 2 N–H and O–H groups in total. The van der Waals surface area contributed by atoms with E-state index in [0.29, 0.717) is 21.6 Å². The van der Waals surface area contributed by atoms with Crippen molar-refractivity contribution in [3.63, 3.8) is 0 Å². The standard InChI is InChI=1S/C42H44N6O16S/c1-23-36-35(24(2)49)39(51)45(36)37(40(52)61-20-26-4-10-29(11-5-26)46(55)56)38(23)65-34-17-32(44(19-34)42(54)63-22-28-8-14-31(15-9-28)48(59)60)16-33(64-25(3)50)18-43-41(53)62-21-27-6-12-30(13-7-27)47(57)58/h4-15,23-24,32-36,49H,16-22H2,1-3H3,(H,43,53)/t23-,24-,32-,33?,34+,35-,36-/m1/s1. The smallest absolute Gasteiger partial charge is 0.410 e. The van der Waals surface area contributed by atoms with Crippen LogP contribution in [-0.2, 0) is 53.2 Å². The average molecular weight is 921 g/mol. The van der Waals surface area contributed by atoms with E-state index in [1.807, 2.05) is 6.92 Å². The molecular weight excluding hydrogens is 877 g/mol. The summed E-state index contributed by atoms with van der Waals surface area (Å²) < 4.78 is 22.1. The van der Waals surface area contributed by atoms with Crippen molar-refractivity contribution in [2.45, 2.75) is 83.0 Å². The van der Waals surface area contributed by atoms with Crippen LogP contribution in [0.15, 0.2) is 83.4 Å². The first kappa shape index (κ1) is 47.3. The molecule has 2 saturated heterocycles. The summed E-state index contributed by atoms with van der Waals surface area (Å²) in [5, 5.41) is 45.9. The minimum atomic E-state index is -1.03. The van der Waals surface area contributed by atoms with E-state index in [9.17, 15) is 59.4 Å². The highest BCUT2D eigenvalue weighted by Crippen LogP contribution is 2.52. The van der Waals surface area contributed by atoms with Gasteiger partial charge in [0.05, 0.1) is 39.4 Å². The number of aliphatic hydroxyl groups excluding tert-OH is 1. The number of esters is 2. The summed E-state index contributed by atoms with van der Waals surface area (Å²) >= 11 is 1.24. The Balaban J connectivity index is 1.20. The Bertz CT molecular complexity index is 2360. The molecule has 0 radical (unpaired) electrons. The van der Waals surface area contributed by atoms with Gasteiger partial charge in [0.25, 0.3) is 17.1 Å². The molecule has 0 aliphatic carbocycles. The number of non-ortho nitro benzene ring substituents is 3. The number of benzene rings is 3. The normalized spacial score (nSPS) is 20.8. The second-order valence-electron chi connectivity index (χ2n) is 15.6. The summed E-state index contributed by atoms with van der Waals surface area (Å²) in [6.45, 7) is 3.51. The molecule has 23 heteroatoms. The van der Waals surface area contributed by atoms with Gasteiger partial charge in [0.1, 0.15) is 31.6 Å². The Morgan fingerprint density at radius 3 is 1.78 bits per heavy atom. The number of carbonyl (C=O) groups excluding carboxylic acids is 5. The molecule has 344 valence electrons. The Hall–Kier alpha value is -7.14. The Morgan fingerprint density at radius 1 is 0.815 bits per heavy atom. The molecule has 2 fully saturated rings. The third-order valence-electron chi connectivity index (χ3n) is 11.1. The molecule has 3 aromatic rings. The molecule has 3 heterocycles. The number of ether oxygens (including phenoxy) is 4. The first-order chi connectivity index (χ1) is 30.9. The molecule has 3 aliphatic heterocycles. The Kier molecular flexibility index (Phi) is 15.0. The lowest BCUT2D eigenvalue weighted by Crippen LogP contribution is -2.63. The third kappa shape index (κ3) is 11.3. The van der Waals surface area contributed by atoms with Crippen LogP contribution in [0, 0.1) is 42.2 Å². The van der Waals surface area contributed by atoms with E-state index in [-0.39, 0.29) is 68.5 Å². The average Bonchev–Trinajstić information content (AvgIpc) is 3.78. The molecule has 7 atom stereocenters. The number of rotatable bonds is 18. The summed E-state index contributed by atoms with van der Waals surface area (Å²) in [6, 6.07) is 14.9. The van der Waals surface area contributed by atoms with Gasteiger partial charge in [0, 0.05) is 78.4 Å². The number of hydrogen-bond acceptors (Lipinski definition) is 17. The van der Waals surface area contributed by atoms with Crippen molar-refractivity contribution in [1.29, 1.82) is 0 Å². The predicted octanol–water partition coefficient (Wildman–Crippen LogP) is 5.28. The van der Waals surface area contributed by atoms with Gasteiger partial charge in [-0.2, -0.15) is 0 Å². The highest BCUT2D eigenvalue weighted by Gasteiger charge is 2.60. The van der Waals surface area contributed by atoms with Gasteiger partial charge in [0.2, 0.25) is 5.91 Å². The fraction of sp³-hybridized carbons (Fsp3) is 0.405. The number of thioether (sulfide) groups is 1. The lowest BCUT2D eigenvalue weighted by atomic mass is 9.79. The number of nitrogens with one attached hydrogen (secondary N) is 1. The number of carbonyl (C=O) groups is 5. The quantitative estimate of drug-likeness (QED) is 0.0539. The largest absolute Gasteiger partial charge is 0.461 e. The number of fused-ring (bicyclic) bond motifs is 1. The van der Waals surface area contributed by atoms with Gasteiger partial charge in [-0.25, -0.2) is 14.4 Å². The summed E-state index contributed by atoms with van der Waals surface area (Å²) in [5.74, 6) is -3.26. The molecule has 1 unspecified atom stereocenters. The minimum absolute atomic E-state index is 0.0119. The number of nitro benzene ring substituents is 3. The number of amides is 3. The fourth-order valence-electron chi connectivity index (χ4n) is 7.95. The first-order valence-corrected chi connectivity index (χ1v) is 21.1. The second kappa shape index (κ2) is 20.6. The number of nitro groups is 3. The van der Waals surface area contributed by atoms with Gasteiger partial charge in [-0.1, -0.05) is 6.92 Å². The van der Waals surface area contributed by atoms with Crippen molar-refractivity contribution in [3.8, 4) is 0 Å². The molecule has 0 spiro atoms. The summed E-state index contributed by atoms with van der Waals surface area (Å²) in [7, 11) is 0. The number of alkyl carbamates (subject to hydrolysis) is 1. The van der Waals surface area contributed by atoms with E-state index in [4.69, 9.17) is 18.9 Å². The van der Waals surface area contributed by atoms with Crippen molar-refractivity contribution in [2.24, 2.45) is 11.8 Å². The van der Waals surface area contributed by atoms with Gasteiger partial charge >= 0.3 is 24.1 Å². The SMILES string of the molecule is CC(=O)OC(CNC(=O)OCc1ccc([N+](=O)[O-])cc1)C[C@@H]1C[C@H](SC2=C(C(=O)OCc3ccc([N+](=O)[O-])cc3)N3C(=O)[C@H]([C@@H](C)O)[C@H]3[C@H]2C)CN1C(=O)OCc1ccc([N+](=O)[O-])cc1. The van der Waals surface area contributed by atoms with Crippen LogP contribution in [0.5, 0.6) is 0 Å². The van der Waals surface area contributed by atoms with Crippen LogP contribution < -0.4 is 5.32 Å². The zero-order chi connectivity index (χ0) is 47.1. The van der Waals surface area contributed by atoms with Gasteiger partial charge < -0.3 is 39.2 Å². The van der Waals surface area contributed by atoms with E-state index in [1.165, 1.54) is 108 Å². The molecule has 0 aromatic heterocycles. The molecule has 3 aliphatic rings. The van der Waals surface area contributed by atoms with Crippen molar-refractivity contribution < 1.29 is 62.8 Å². The minimum Gasteiger partial charge on any atom is -0.461 e. The number of aliphatic hydroxyl groups is 1. The van der Waals surface area contributed by atoms with Crippen LogP contribution in [0.1, 0.15) is 50.3 Å². The number of hydrogen-bond donors (Lipinski definition) is 2. The zero-order valence-electron chi connectivity index (χ0n) is 35.1. The van der Waals surface area contributed by atoms with Crippen molar-refractivity contribution >= 4 is 58.9 Å². The highest BCUT2D eigenvalue weighted by atomic mass is 32.2. The summed E-state index contributed by atoms with van der Waals surface area (Å²) in [4.78, 5) is 101. The van der Waals surface area contributed by atoms with E-state index >= 15 is 0 Å². The maximum Gasteiger partial charge on any atom is 0.410 e. The molecule has 3 amide bonds. The van der Waals surface area contributed by atoms with E-state index < -0.39 is 86.2 Å². The zero-order valence-corrected chi connectivity index (χ0v) is 36.0. The maximum absolute atomic E-state index is 13.9. The molecule has 22 nitrogen and oxygen atoms in total. The number of β-lactam (4-membered cyclic amide) rings is 1. The van der Waals surface area contributed by atoms with Gasteiger partial charge in [-0.3, -0.25) is 39.9 Å². The molecule has 65 heavy (non-hydrogen) atoms. The molecule has 0 bridgehead atoms. The third-order valence-corrected chi connectivity index (χ3v) is 12.6. The maximum atomic E-state index is 13.9. The Morgan fingerprint density at radius 2 is 1.31 bits per heavy atom. The van der Waals surface area contributed by atoms with Crippen molar-refractivity contribution in [3.05, 3.63) is 130 Å². The Labute approximate surface area is 374 Å². The topological polar surface area (TPSA) is 290 Å². The fourth-order valence-corrected chi connectivity index (χ4v) is 9.51. The van der Waals surface area contributed by atoms with Crippen LogP contribution in [-0.4, -0.2) is 102 Å². The van der Waals surface area contributed by atoms with Crippen LogP contribution >= 0.6 is 11.8 Å². The van der Waals surface area contributed by atoms with Gasteiger partial charge in [-0.05, 0) is 66.4 Å². The van der Waals surface area contributed by atoms with E-state index in [1.54, 1.807) is 0 Å². The number of likely N-dealkylation sites (tertiary alicyclic amines) is 1. The monoisotopic (exact) mass is 920 g/mol.